The van der Waals surface area contributed by atoms with Gasteiger partial charge in [0.05, 0.1) is 38.4 Å². The van der Waals surface area contributed by atoms with Crippen LogP contribution in [0.1, 0.15) is 47.9 Å². The molecule has 1 amide bonds. The number of carbonyl (C=O) groups is 1. The smallest absolute Gasteiger partial charge is 0.256 e. The molecule has 1 fully saturated rings. The number of hydrogen-bond donors (Lipinski definition) is 0. The number of carbonyl (C=O) groups excluding carboxylic acids is 1. The number of amides is 1. The van der Waals surface area contributed by atoms with Crippen molar-refractivity contribution in [2.45, 2.75) is 44.3 Å². The fourth-order valence-corrected chi connectivity index (χ4v) is 4.86. The van der Waals surface area contributed by atoms with Crippen molar-refractivity contribution in [3.05, 3.63) is 54.1 Å². The average Bonchev–Trinajstić information content (AvgIpc) is 3.27. The second-order valence-electron chi connectivity index (χ2n) is 7.97. The van der Waals surface area contributed by atoms with Crippen LogP contribution in [0.2, 0.25) is 0 Å². The molecule has 1 aliphatic heterocycles. The van der Waals surface area contributed by atoms with Crippen molar-refractivity contribution in [3.63, 3.8) is 0 Å². The molecule has 2 atom stereocenters. The van der Waals surface area contributed by atoms with E-state index in [9.17, 15) is 4.79 Å². The van der Waals surface area contributed by atoms with Gasteiger partial charge < -0.3 is 18.9 Å². The third kappa shape index (κ3) is 3.32. The number of hydrogen-bond acceptors (Lipinski definition) is 6. The summed E-state index contributed by atoms with van der Waals surface area (Å²) in [4.78, 5) is 19.4. The number of nitrogens with zero attached hydrogens (tertiary/aromatic N) is 5. The van der Waals surface area contributed by atoms with Crippen LogP contribution in [0.15, 0.2) is 42.7 Å². The Morgan fingerprint density at radius 2 is 1.84 bits per heavy atom. The summed E-state index contributed by atoms with van der Waals surface area (Å²) in [6, 6.07) is 9.68. The maximum Gasteiger partial charge on any atom is 0.256 e. The summed E-state index contributed by atoms with van der Waals surface area (Å²) >= 11 is 0. The molecule has 1 aromatic carbocycles. The topological polar surface area (TPSA) is 82.4 Å². The molecule has 3 aromatic rings. The minimum atomic E-state index is 0.00640. The minimum absolute atomic E-state index is 0.00640. The van der Waals surface area contributed by atoms with Gasteiger partial charge in [0.15, 0.2) is 23.1 Å². The number of pyridine rings is 1. The fraction of sp³-hybridized carbons (Fsp3) is 0.391. The van der Waals surface area contributed by atoms with Crippen molar-refractivity contribution in [2.75, 3.05) is 14.2 Å². The van der Waals surface area contributed by atoms with Crippen LogP contribution < -0.4 is 9.47 Å². The molecule has 3 heterocycles. The van der Waals surface area contributed by atoms with Gasteiger partial charge in [0, 0.05) is 18.0 Å². The van der Waals surface area contributed by atoms with Gasteiger partial charge in [-0.3, -0.25) is 9.78 Å². The number of benzene rings is 1. The highest BCUT2D eigenvalue weighted by atomic mass is 16.5. The molecule has 0 spiro atoms. The second kappa shape index (κ2) is 8.02. The Bertz CT molecular complexity index is 1100. The molecule has 2 aliphatic rings. The maximum atomic E-state index is 13.3. The Kier molecular flexibility index (Phi) is 5.05. The first-order valence-electron chi connectivity index (χ1n) is 10.6. The van der Waals surface area contributed by atoms with Crippen LogP contribution in [0.5, 0.6) is 11.5 Å². The minimum Gasteiger partial charge on any atom is -0.493 e. The first kappa shape index (κ1) is 19.5. The third-order valence-electron chi connectivity index (χ3n) is 6.32. The summed E-state index contributed by atoms with van der Waals surface area (Å²) in [7, 11) is 3.25. The van der Waals surface area contributed by atoms with Gasteiger partial charge in [-0.15, -0.1) is 10.2 Å². The van der Waals surface area contributed by atoms with E-state index in [-0.39, 0.29) is 18.0 Å². The molecule has 31 heavy (non-hydrogen) atoms. The van der Waals surface area contributed by atoms with E-state index in [2.05, 4.69) is 19.7 Å². The van der Waals surface area contributed by atoms with Crippen LogP contribution in [0.4, 0.5) is 0 Å². The number of aromatic nitrogens is 4. The highest BCUT2D eigenvalue weighted by molar-refractivity contribution is 5.94. The zero-order valence-corrected chi connectivity index (χ0v) is 17.7. The number of ether oxygens (including phenoxy) is 2. The Balaban J connectivity index is 1.55. The Hall–Kier alpha value is -3.42. The standard InChI is InChI=1S/C23H25N5O3/c1-30-19-10-9-15(12-20(19)31-2)22-26-25-21-14-27(23(29)16-6-5-11-24-13-16)17-7-3-4-8-18(17)28(21)22/h5-6,9-13,17-18H,3-4,7-8,14H2,1-2H3/t17-,18-/m0/s1. The molecule has 1 saturated carbocycles. The van der Waals surface area contributed by atoms with E-state index >= 15 is 0 Å². The predicted octanol–water partition coefficient (Wildman–Crippen LogP) is 3.50. The van der Waals surface area contributed by atoms with Crippen LogP contribution in [0.25, 0.3) is 11.4 Å². The third-order valence-corrected chi connectivity index (χ3v) is 6.32. The van der Waals surface area contributed by atoms with Gasteiger partial charge in [-0.2, -0.15) is 0 Å². The molecule has 8 heteroatoms. The lowest BCUT2D eigenvalue weighted by molar-refractivity contribution is 0.0420. The van der Waals surface area contributed by atoms with E-state index in [0.29, 0.717) is 23.6 Å². The average molecular weight is 419 g/mol. The fourth-order valence-electron chi connectivity index (χ4n) is 4.86. The molecular formula is C23H25N5O3. The van der Waals surface area contributed by atoms with E-state index in [1.807, 2.05) is 29.2 Å². The number of fused-ring (bicyclic) bond motifs is 3. The summed E-state index contributed by atoms with van der Waals surface area (Å²) < 4.78 is 13.1. The molecule has 0 saturated heterocycles. The molecular weight excluding hydrogens is 394 g/mol. The first-order valence-corrected chi connectivity index (χ1v) is 10.6. The van der Waals surface area contributed by atoms with E-state index in [1.165, 1.54) is 0 Å². The Labute approximate surface area is 180 Å². The normalized spacial score (nSPS) is 20.0. The van der Waals surface area contributed by atoms with Gasteiger partial charge in [0.25, 0.3) is 5.91 Å². The summed E-state index contributed by atoms with van der Waals surface area (Å²) in [5, 5.41) is 9.00. The second-order valence-corrected chi connectivity index (χ2v) is 7.97. The molecule has 1 aliphatic carbocycles. The van der Waals surface area contributed by atoms with Crippen molar-refractivity contribution in [1.82, 2.24) is 24.6 Å². The predicted molar refractivity (Wildman–Crippen MR) is 114 cm³/mol. The van der Waals surface area contributed by atoms with Crippen LogP contribution in [-0.2, 0) is 6.54 Å². The van der Waals surface area contributed by atoms with Crippen LogP contribution in [0, 0.1) is 0 Å². The zero-order valence-electron chi connectivity index (χ0n) is 17.7. The van der Waals surface area contributed by atoms with Gasteiger partial charge in [0.2, 0.25) is 0 Å². The molecule has 0 radical (unpaired) electrons. The Morgan fingerprint density at radius 1 is 1.03 bits per heavy atom. The van der Waals surface area contributed by atoms with E-state index in [0.717, 1.165) is 42.9 Å². The quantitative estimate of drug-likeness (QED) is 0.644. The lowest BCUT2D eigenvalue weighted by atomic mass is 9.86. The summed E-state index contributed by atoms with van der Waals surface area (Å²) in [6.45, 7) is 0.440. The molecule has 8 nitrogen and oxygen atoms in total. The van der Waals surface area contributed by atoms with E-state index in [4.69, 9.17) is 9.47 Å². The van der Waals surface area contributed by atoms with Crippen molar-refractivity contribution >= 4 is 5.91 Å². The van der Waals surface area contributed by atoms with Gasteiger partial charge in [-0.05, 0) is 43.2 Å². The van der Waals surface area contributed by atoms with Crippen LogP contribution in [-0.4, -0.2) is 50.8 Å². The molecule has 160 valence electrons. The largest absolute Gasteiger partial charge is 0.493 e. The van der Waals surface area contributed by atoms with Crippen molar-refractivity contribution in [3.8, 4) is 22.9 Å². The van der Waals surface area contributed by atoms with Crippen molar-refractivity contribution in [1.29, 1.82) is 0 Å². The Morgan fingerprint density at radius 3 is 2.58 bits per heavy atom. The summed E-state index contributed by atoms with van der Waals surface area (Å²) in [6.07, 6.45) is 7.52. The van der Waals surface area contributed by atoms with Gasteiger partial charge in [0.1, 0.15) is 0 Å². The summed E-state index contributed by atoms with van der Waals surface area (Å²) in [5.41, 5.74) is 1.53. The van der Waals surface area contributed by atoms with Gasteiger partial charge in [-0.25, -0.2) is 0 Å². The van der Waals surface area contributed by atoms with Crippen LogP contribution in [0.3, 0.4) is 0 Å². The monoisotopic (exact) mass is 419 g/mol. The van der Waals surface area contributed by atoms with Crippen molar-refractivity contribution < 1.29 is 14.3 Å². The lowest BCUT2D eigenvalue weighted by Gasteiger charge is -2.44. The molecule has 0 N–H and O–H groups in total. The molecule has 2 aromatic heterocycles. The molecule has 0 bridgehead atoms. The van der Waals surface area contributed by atoms with E-state index in [1.54, 1.807) is 32.7 Å². The summed E-state index contributed by atoms with van der Waals surface area (Å²) in [5.74, 6) is 2.95. The van der Waals surface area contributed by atoms with E-state index < -0.39 is 0 Å². The number of methoxy groups -OCH3 is 2. The zero-order chi connectivity index (χ0) is 21.4. The van der Waals surface area contributed by atoms with Gasteiger partial charge in [-0.1, -0.05) is 12.8 Å². The highest BCUT2D eigenvalue weighted by Crippen LogP contribution is 2.41. The van der Waals surface area contributed by atoms with Gasteiger partial charge >= 0.3 is 0 Å². The highest BCUT2D eigenvalue weighted by Gasteiger charge is 2.41. The molecule has 0 unspecified atom stereocenters. The lowest BCUT2D eigenvalue weighted by Crippen LogP contribution is -2.50. The number of rotatable bonds is 4. The van der Waals surface area contributed by atoms with Crippen molar-refractivity contribution in [2.24, 2.45) is 0 Å². The molecule has 5 rings (SSSR count). The SMILES string of the molecule is COc1ccc(-c2nnc3n2[C@H]2CCCC[C@@H]2N(C(=O)c2cccnc2)C3)cc1OC. The maximum absolute atomic E-state index is 13.3. The van der Waals surface area contributed by atoms with Crippen LogP contribution >= 0.6 is 0 Å². The first-order chi connectivity index (χ1) is 15.2.